The predicted molar refractivity (Wildman–Crippen MR) is 113 cm³/mol. The third kappa shape index (κ3) is 12.3. The van der Waals surface area contributed by atoms with Crippen LogP contribution < -0.4 is 5.90 Å². The second kappa shape index (κ2) is 17.6. The molecule has 0 aliphatic rings. The van der Waals surface area contributed by atoms with Crippen molar-refractivity contribution >= 4 is 16.8 Å². The Kier molecular flexibility index (Phi) is 20.7. The van der Waals surface area contributed by atoms with E-state index in [-0.39, 0.29) is 16.8 Å². The number of hydrogen-bond acceptors (Lipinski definition) is 2. The summed E-state index contributed by atoms with van der Waals surface area (Å²) in [4.78, 5) is 4.34. The van der Waals surface area contributed by atoms with Crippen LogP contribution in [0, 0.1) is 0 Å². The minimum absolute atomic E-state index is 0. The lowest BCUT2D eigenvalue weighted by Gasteiger charge is -2.35. The molecule has 0 saturated heterocycles. The SMILES string of the molecule is B.CCCCCON.CC[N+](CC)(CC)Cc1ccccc1.[BH4-]. The Hall–Kier alpha value is -0.770. The average Bonchev–Trinajstić information content (AvgIpc) is 2.55. The van der Waals surface area contributed by atoms with Crippen molar-refractivity contribution in [2.75, 3.05) is 26.2 Å². The summed E-state index contributed by atoms with van der Waals surface area (Å²) in [6, 6.07) is 10.8. The zero-order valence-electron chi connectivity index (χ0n) is 14.5. The van der Waals surface area contributed by atoms with Crippen LogP contribution in [-0.4, -0.2) is 47.6 Å². The van der Waals surface area contributed by atoms with E-state index in [9.17, 15) is 0 Å². The maximum absolute atomic E-state index is 4.77. The van der Waals surface area contributed by atoms with E-state index in [1.165, 1.54) is 49.1 Å². The number of nitrogens with two attached hydrogens (primary N) is 1. The monoisotopic (exact) mass is 324 g/mol. The molecule has 2 N–H and O–H groups in total. The standard InChI is InChI=1S/C13H22N.C5H13NO.BH4.BH3/c1-4-14(5-2,6-3)12-13-10-8-7-9-11-13;1-2-3-4-5-7-6;;/h7-11H,4-6,12H2,1-3H3;2-6H2,1H3;1H4;1H3/q+1;;-1;. The van der Waals surface area contributed by atoms with Crippen LogP contribution in [0.1, 0.15) is 52.5 Å². The zero-order chi connectivity index (χ0) is 16.0. The number of quaternary nitrogens is 1. The molecule has 0 saturated carbocycles. The molecule has 0 aromatic heterocycles. The first-order valence-corrected chi connectivity index (χ1v) is 8.38. The molecule has 0 spiro atoms. The maximum Gasteiger partial charge on any atom is 0.104 e. The third-order valence-corrected chi connectivity index (χ3v) is 4.24. The molecule has 5 heteroatoms. The minimum Gasteiger partial charge on any atom is -0.321 e. The highest BCUT2D eigenvalue weighted by molar-refractivity contribution is 5.76. The normalized spacial score (nSPS) is 9.96. The molecule has 3 nitrogen and oxygen atoms in total. The molecule has 0 aliphatic carbocycles. The van der Waals surface area contributed by atoms with Gasteiger partial charge >= 0.3 is 0 Å². The summed E-state index contributed by atoms with van der Waals surface area (Å²) < 4.78 is 1.20. The number of hydrogen-bond donors (Lipinski definition) is 1. The van der Waals surface area contributed by atoms with Crippen LogP contribution in [0.15, 0.2) is 30.3 Å². The van der Waals surface area contributed by atoms with E-state index in [1.807, 2.05) is 0 Å². The molecule has 0 unspecified atom stereocenters. The summed E-state index contributed by atoms with van der Waals surface area (Å²) in [5, 5.41) is 0. The Morgan fingerprint density at radius 2 is 1.43 bits per heavy atom. The molecule has 0 amide bonds. The first-order chi connectivity index (χ1) is 10.2. The molecule has 0 heterocycles. The second-order valence-corrected chi connectivity index (χ2v) is 5.51. The quantitative estimate of drug-likeness (QED) is 0.323. The van der Waals surface area contributed by atoms with Gasteiger partial charge in [0, 0.05) is 5.56 Å². The Morgan fingerprint density at radius 1 is 0.913 bits per heavy atom. The van der Waals surface area contributed by atoms with Gasteiger partial charge in [0.05, 0.1) is 34.7 Å². The largest absolute Gasteiger partial charge is 0.321 e. The molecule has 0 atom stereocenters. The van der Waals surface area contributed by atoms with E-state index in [0.29, 0.717) is 6.61 Å². The van der Waals surface area contributed by atoms with Gasteiger partial charge in [-0.25, -0.2) is 5.90 Å². The summed E-state index contributed by atoms with van der Waals surface area (Å²) in [5.74, 6) is 4.77. The van der Waals surface area contributed by atoms with E-state index < -0.39 is 0 Å². The summed E-state index contributed by atoms with van der Waals surface area (Å²) in [7, 11) is 0. The van der Waals surface area contributed by atoms with Crippen LogP contribution in [-0.2, 0) is 11.4 Å². The molecule has 1 aromatic carbocycles. The highest BCUT2D eigenvalue weighted by Crippen LogP contribution is 2.13. The van der Waals surface area contributed by atoms with Crippen molar-refractivity contribution < 1.29 is 9.32 Å². The molecule has 0 radical (unpaired) electrons. The Balaban J connectivity index is -0.000000386. The first kappa shape index (κ1) is 27.1. The van der Waals surface area contributed by atoms with Crippen molar-refractivity contribution in [1.82, 2.24) is 0 Å². The molecule has 1 rings (SSSR count). The first-order valence-electron chi connectivity index (χ1n) is 8.38. The van der Waals surface area contributed by atoms with Crippen LogP contribution in [0.5, 0.6) is 0 Å². The molecule has 0 fully saturated rings. The van der Waals surface area contributed by atoms with Crippen molar-refractivity contribution in [3.8, 4) is 0 Å². The lowest BCUT2D eigenvalue weighted by atomic mass is 10.2. The van der Waals surface area contributed by atoms with Gasteiger partial charge in [0.25, 0.3) is 0 Å². The molecule has 1 aromatic rings. The van der Waals surface area contributed by atoms with Crippen LogP contribution in [0.2, 0.25) is 0 Å². The van der Waals surface area contributed by atoms with Gasteiger partial charge in [-0.3, -0.25) is 0 Å². The van der Waals surface area contributed by atoms with Crippen molar-refractivity contribution in [1.29, 1.82) is 0 Å². The van der Waals surface area contributed by atoms with Crippen LogP contribution in [0.3, 0.4) is 0 Å². The third-order valence-electron chi connectivity index (χ3n) is 4.24. The smallest absolute Gasteiger partial charge is 0.104 e. The second-order valence-electron chi connectivity index (χ2n) is 5.51. The molecule has 0 aliphatic heterocycles. The maximum atomic E-state index is 4.77. The Morgan fingerprint density at radius 3 is 1.83 bits per heavy atom. The van der Waals surface area contributed by atoms with Crippen LogP contribution >= 0.6 is 0 Å². The van der Waals surface area contributed by atoms with Crippen molar-refractivity contribution in [3.05, 3.63) is 35.9 Å². The van der Waals surface area contributed by atoms with Gasteiger partial charge in [-0.15, -0.1) is 0 Å². The molecular weight excluding hydrogens is 282 g/mol. The van der Waals surface area contributed by atoms with E-state index in [1.54, 1.807) is 0 Å². The molecule has 0 bridgehead atoms. The highest BCUT2D eigenvalue weighted by Gasteiger charge is 2.20. The van der Waals surface area contributed by atoms with E-state index >= 15 is 0 Å². The number of rotatable bonds is 9. The van der Waals surface area contributed by atoms with Crippen molar-refractivity contribution in [2.45, 2.75) is 53.5 Å². The summed E-state index contributed by atoms with van der Waals surface area (Å²) in [6.07, 6.45) is 3.54. The van der Waals surface area contributed by atoms with Gasteiger partial charge in [-0.1, -0.05) is 58.5 Å². The number of nitrogens with zero attached hydrogens (tertiary/aromatic N) is 1. The van der Waals surface area contributed by atoms with Gasteiger partial charge in [-0.05, 0) is 27.2 Å². The Labute approximate surface area is 148 Å². The summed E-state index contributed by atoms with van der Waals surface area (Å²) in [6.45, 7) is 14.6. The fourth-order valence-electron chi connectivity index (χ4n) is 2.41. The van der Waals surface area contributed by atoms with Gasteiger partial charge in [-0.2, -0.15) is 0 Å². The van der Waals surface area contributed by atoms with E-state index in [2.05, 4.69) is 62.9 Å². The predicted octanol–water partition coefficient (Wildman–Crippen LogP) is 1.49. The van der Waals surface area contributed by atoms with Crippen LogP contribution in [0.4, 0.5) is 0 Å². The Bertz CT molecular complexity index is 321. The van der Waals surface area contributed by atoms with Crippen molar-refractivity contribution in [2.24, 2.45) is 5.90 Å². The minimum atomic E-state index is 0. The fourth-order valence-corrected chi connectivity index (χ4v) is 2.41. The molecule has 23 heavy (non-hydrogen) atoms. The highest BCUT2D eigenvalue weighted by atomic mass is 16.6. The summed E-state index contributed by atoms with van der Waals surface area (Å²) >= 11 is 0. The molecular formula is C18H42B2N2O. The topological polar surface area (TPSA) is 35.2 Å². The van der Waals surface area contributed by atoms with E-state index in [4.69, 9.17) is 5.90 Å². The summed E-state index contributed by atoms with van der Waals surface area (Å²) in [5.41, 5.74) is 1.46. The lowest BCUT2D eigenvalue weighted by Crippen LogP contribution is -2.46. The van der Waals surface area contributed by atoms with Crippen molar-refractivity contribution in [3.63, 3.8) is 0 Å². The average molecular weight is 324 g/mol. The lowest BCUT2D eigenvalue weighted by molar-refractivity contribution is -0.936. The van der Waals surface area contributed by atoms with Gasteiger partial charge in [0.15, 0.2) is 0 Å². The van der Waals surface area contributed by atoms with Crippen LogP contribution in [0.25, 0.3) is 0 Å². The number of unbranched alkanes of at least 4 members (excludes halogenated alkanes) is 2. The van der Waals surface area contributed by atoms with Gasteiger partial charge < -0.3 is 9.32 Å². The van der Waals surface area contributed by atoms with Gasteiger partial charge in [0.1, 0.15) is 6.54 Å². The zero-order valence-corrected chi connectivity index (χ0v) is 14.5. The van der Waals surface area contributed by atoms with E-state index in [0.717, 1.165) is 6.42 Å². The van der Waals surface area contributed by atoms with Gasteiger partial charge in [0.2, 0.25) is 0 Å². The number of benzene rings is 1. The molecule has 136 valence electrons. The fraction of sp³-hybridized carbons (Fsp3) is 0.667.